The lowest BCUT2D eigenvalue weighted by Crippen LogP contribution is -2.25. The molecule has 1 amide bonds. The third kappa shape index (κ3) is 5.78. The van der Waals surface area contributed by atoms with Crippen LogP contribution in [0.2, 0.25) is 0 Å². The molecule has 3 aromatic carbocycles. The Hall–Kier alpha value is -4.39. The molecular weight excluding hydrogens is 487 g/mol. The van der Waals surface area contributed by atoms with E-state index in [4.69, 9.17) is 0 Å². The van der Waals surface area contributed by atoms with Crippen molar-refractivity contribution in [3.8, 4) is 0 Å². The van der Waals surface area contributed by atoms with E-state index in [1.165, 1.54) is 12.1 Å². The molecule has 5 rings (SSSR count). The largest absolute Gasteiger partial charge is 0.416 e. The fraction of sp³-hybridized carbons (Fsp3) is 0.161. The molecule has 0 bridgehead atoms. The Morgan fingerprint density at radius 3 is 2.24 bits per heavy atom. The van der Waals surface area contributed by atoms with Gasteiger partial charge in [-0.15, -0.1) is 0 Å². The van der Waals surface area contributed by atoms with Crippen molar-refractivity contribution in [1.82, 2.24) is 14.9 Å². The molecule has 2 aromatic heterocycles. The van der Waals surface area contributed by atoms with E-state index in [0.29, 0.717) is 18.7 Å². The van der Waals surface area contributed by atoms with Crippen LogP contribution in [-0.4, -0.2) is 15.5 Å². The molecule has 0 spiro atoms. The highest BCUT2D eigenvalue weighted by molar-refractivity contribution is 5.86. The Morgan fingerprint density at radius 1 is 0.842 bits per heavy atom. The number of benzene rings is 3. The normalized spacial score (nSPS) is 12.4. The van der Waals surface area contributed by atoms with Crippen LogP contribution in [0.1, 0.15) is 40.2 Å². The molecule has 0 unspecified atom stereocenters. The average Bonchev–Trinajstić information content (AvgIpc) is 3.29. The maximum Gasteiger partial charge on any atom is 0.416 e. The summed E-state index contributed by atoms with van der Waals surface area (Å²) in [4.78, 5) is 17.1. The number of alkyl halides is 3. The predicted octanol–water partition coefficient (Wildman–Crippen LogP) is 6.94. The number of aromatic nitrogens is 2. The van der Waals surface area contributed by atoms with Crippen molar-refractivity contribution in [2.45, 2.75) is 31.6 Å². The lowest BCUT2D eigenvalue weighted by molar-refractivity contribution is -0.137. The highest BCUT2D eigenvalue weighted by atomic mass is 19.4. The molecule has 0 saturated carbocycles. The lowest BCUT2D eigenvalue weighted by Gasteiger charge is -2.18. The monoisotopic (exact) mass is 513 g/mol. The number of nitrogens with one attached hydrogen (secondary N) is 1. The van der Waals surface area contributed by atoms with Gasteiger partial charge >= 0.3 is 6.18 Å². The fourth-order valence-corrected chi connectivity index (χ4v) is 4.73. The summed E-state index contributed by atoms with van der Waals surface area (Å²) in [6.07, 6.45) is 1.01. The molecule has 0 aliphatic heterocycles. The van der Waals surface area contributed by atoms with Crippen molar-refractivity contribution in [2.24, 2.45) is 0 Å². The van der Waals surface area contributed by atoms with E-state index in [1.807, 2.05) is 72.9 Å². The number of hydrogen-bond acceptors (Lipinski definition) is 2. The van der Waals surface area contributed by atoms with E-state index in [9.17, 15) is 18.0 Å². The van der Waals surface area contributed by atoms with Crippen LogP contribution >= 0.6 is 0 Å². The Morgan fingerprint density at radius 2 is 1.53 bits per heavy atom. The predicted molar refractivity (Wildman–Crippen MR) is 141 cm³/mol. The number of hydrogen-bond donors (Lipinski definition) is 1. The Balaban J connectivity index is 1.51. The topological polar surface area (TPSA) is 46.9 Å². The van der Waals surface area contributed by atoms with Gasteiger partial charge in [0.15, 0.2) is 0 Å². The van der Waals surface area contributed by atoms with Crippen molar-refractivity contribution in [1.29, 1.82) is 0 Å². The van der Waals surface area contributed by atoms with Crippen LogP contribution < -0.4 is 5.32 Å². The lowest BCUT2D eigenvalue weighted by atomic mass is 9.87. The summed E-state index contributed by atoms with van der Waals surface area (Å²) < 4.78 is 41.9. The quantitative estimate of drug-likeness (QED) is 0.244. The van der Waals surface area contributed by atoms with Gasteiger partial charge in [0.2, 0.25) is 5.91 Å². The van der Waals surface area contributed by atoms with Crippen LogP contribution in [0, 0.1) is 0 Å². The molecule has 1 atom stereocenters. The smallest absolute Gasteiger partial charge is 0.352 e. The van der Waals surface area contributed by atoms with Gasteiger partial charge in [-0.3, -0.25) is 9.78 Å². The zero-order chi connectivity index (χ0) is 26.5. The molecule has 4 nitrogen and oxygen atoms in total. The van der Waals surface area contributed by atoms with Gasteiger partial charge in [-0.2, -0.15) is 13.2 Å². The van der Waals surface area contributed by atoms with E-state index in [-0.39, 0.29) is 12.3 Å². The summed E-state index contributed by atoms with van der Waals surface area (Å²) in [5, 5.41) is 3.91. The average molecular weight is 514 g/mol. The number of halogens is 3. The van der Waals surface area contributed by atoms with Crippen molar-refractivity contribution < 1.29 is 18.0 Å². The summed E-state index contributed by atoms with van der Waals surface area (Å²) in [7, 11) is 0. The minimum absolute atomic E-state index is 0.0930. The summed E-state index contributed by atoms with van der Waals surface area (Å²) in [5.41, 5.74) is 3.88. The molecule has 0 aliphatic rings. The van der Waals surface area contributed by atoms with Gasteiger partial charge < -0.3 is 9.88 Å². The second-order valence-corrected chi connectivity index (χ2v) is 9.22. The highest BCUT2D eigenvalue weighted by Crippen LogP contribution is 2.37. The maximum absolute atomic E-state index is 13.3. The Kier molecular flexibility index (Phi) is 7.26. The molecule has 2 heterocycles. The summed E-state index contributed by atoms with van der Waals surface area (Å²) in [6.45, 7) is 0.978. The van der Waals surface area contributed by atoms with Gasteiger partial charge in [0.05, 0.1) is 5.56 Å². The van der Waals surface area contributed by atoms with E-state index in [0.717, 1.165) is 39.7 Å². The van der Waals surface area contributed by atoms with Gasteiger partial charge in [-0.25, -0.2) is 0 Å². The minimum atomic E-state index is -4.43. The summed E-state index contributed by atoms with van der Waals surface area (Å²) in [6, 6.07) is 26.7. The fourth-order valence-electron chi connectivity index (χ4n) is 4.73. The second kappa shape index (κ2) is 10.9. The van der Waals surface area contributed by atoms with Gasteiger partial charge in [-0.1, -0.05) is 60.7 Å². The van der Waals surface area contributed by atoms with E-state index in [2.05, 4.69) is 14.9 Å². The second-order valence-electron chi connectivity index (χ2n) is 9.22. The molecule has 1 N–H and O–H groups in total. The third-order valence-electron chi connectivity index (χ3n) is 6.66. The van der Waals surface area contributed by atoms with Crippen LogP contribution in [0.15, 0.2) is 110 Å². The molecule has 5 aromatic rings. The first-order chi connectivity index (χ1) is 18.4. The van der Waals surface area contributed by atoms with Crippen molar-refractivity contribution >= 4 is 16.8 Å². The molecule has 0 aliphatic carbocycles. The van der Waals surface area contributed by atoms with E-state index < -0.39 is 17.7 Å². The highest BCUT2D eigenvalue weighted by Gasteiger charge is 2.31. The van der Waals surface area contributed by atoms with E-state index in [1.54, 1.807) is 12.4 Å². The van der Waals surface area contributed by atoms with Gasteiger partial charge in [0, 0.05) is 54.9 Å². The van der Waals surface area contributed by atoms with Crippen LogP contribution in [0.3, 0.4) is 0 Å². The number of nitrogens with zero attached hydrogens (tertiary/aromatic N) is 2. The molecule has 38 heavy (non-hydrogen) atoms. The molecular formula is C31H26F3N3O. The van der Waals surface area contributed by atoms with Crippen LogP contribution in [0.25, 0.3) is 10.9 Å². The minimum Gasteiger partial charge on any atom is -0.352 e. The van der Waals surface area contributed by atoms with Crippen molar-refractivity contribution in [2.75, 3.05) is 0 Å². The van der Waals surface area contributed by atoms with Crippen LogP contribution in [0.5, 0.6) is 0 Å². The van der Waals surface area contributed by atoms with Crippen molar-refractivity contribution in [3.63, 3.8) is 0 Å². The molecule has 0 radical (unpaired) electrons. The number of pyridine rings is 1. The first-order valence-electron chi connectivity index (χ1n) is 12.3. The Labute approximate surface area is 218 Å². The van der Waals surface area contributed by atoms with Crippen LogP contribution in [0.4, 0.5) is 13.2 Å². The van der Waals surface area contributed by atoms with Gasteiger partial charge in [0.25, 0.3) is 0 Å². The molecule has 7 heteroatoms. The molecule has 0 fully saturated rings. The zero-order valence-corrected chi connectivity index (χ0v) is 20.5. The first kappa shape index (κ1) is 25.3. The number of fused-ring (bicyclic) bond motifs is 1. The summed E-state index contributed by atoms with van der Waals surface area (Å²) >= 11 is 0. The molecule has 0 saturated heterocycles. The van der Waals surface area contributed by atoms with Crippen LogP contribution in [-0.2, 0) is 24.1 Å². The third-order valence-corrected chi connectivity index (χ3v) is 6.66. The standard InChI is InChI=1S/C31H26F3N3O/c32-31(33,34)25-12-10-24(11-13-25)27(18-30(38)36-19-22-14-16-35-17-15-22)28-21-37(20-23-6-2-1-3-7-23)29-9-5-4-8-26(28)29/h1-17,21,27H,18-20H2,(H,36,38)/t27-/m1/s1. The number of amides is 1. The van der Waals surface area contributed by atoms with Gasteiger partial charge in [0.1, 0.15) is 0 Å². The molecule has 192 valence electrons. The van der Waals surface area contributed by atoms with Crippen molar-refractivity contribution in [3.05, 3.63) is 137 Å². The number of carbonyl (C=O) groups is 1. The van der Waals surface area contributed by atoms with Gasteiger partial charge in [-0.05, 0) is 52.6 Å². The summed E-state index contributed by atoms with van der Waals surface area (Å²) in [5.74, 6) is -0.622. The Bertz CT molecular complexity index is 1510. The number of para-hydroxylation sites is 1. The number of carbonyl (C=O) groups excluding carboxylic acids is 1. The number of rotatable bonds is 8. The van der Waals surface area contributed by atoms with E-state index >= 15 is 0 Å². The SMILES string of the molecule is O=C(C[C@H](c1ccc(C(F)(F)F)cc1)c1cn(Cc2ccccc2)c2ccccc12)NCc1ccncc1. The first-order valence-corrected chi connectivity index (χ1v) is 12.3. The zero-order valence-electron chi connectivity index (χ0n) is 20.5. The maximum atomic E-state index is 13.3.